The molecule has 0 bridgehead atoms. The molecule has 15 heavy (non-hydrogen) atoms. The van der Waals surface area contributed by atoms with Crippen LogP contribution in [0.1, 0.15) is 12.8 Å². The van der Waals surface area contributed by atoms with Crippen LogP contribution in [0.3, 0.4) is 0 Å². The maximum Gasteiger partial charge on any atom is 0.242 e. The molecule has 0 aromatic carbocycles. The summed E-state index contributed by atoms with van der Waals surface area (Å²) in [6, 6.07) is 3.10. The van der Waals surface area contributed by atoms with E-state index in [-0.39, 0.29) is 4.90 Å². The molecular formula is C9H15N3O2S. The van der Waals surface area contributed by atoms with Crippen LogP contribution in [0.15, 0.2) is 29.4 Å². The lowest BCUT2D eigenvalue weighted by Crippen LogP contribution is -2.25. The highest BCUT2D eigenvalue weighted by Gasteiger charge is 2.12. The number of nitrogens with zero attached hydrogens (tertiary/aromatic N) is 1. The summed E-state index contributed by atoms with van der Waals surface area (Å²) in [4.78, 5) is 3.95. The van der Waals surface area contributed by atoms with Crippen LogP contribution in [0.25, 0.3) is 0 Å². The Bertz CT molecular complexity index is 378. The van der Waals surface area contributed by atoms with E-state index >= 15 is 0 Å². The maximum atomic E-state index is 11.6. The molecular weight excluding hydrogens is 214 g/mol. The first kappa shape index (κ1) is 12.1. The summed E-state index contributed by atoms with van der Waals surface area (Å²) in [5, 5.41) is 0. The molecule has 0 fully saturated rings. The summed E-state index contributed by atoms with van der Waals surface area (Å²) in [5.74, 6) is 0. The van der Waals surface area contributed by atoms with Crippen molar-refractivity contribution < 1.29 is 8.42 Å². The van der Waals surface area contributed by atoms with Gasteiger partial charge < -0.3 is 5.73 Å². The van der Waals surface area contributed by atoms with Gasteiger partial charge in [-0.2, -0.15) is 0 Å². The molecule has 5 nitrogen and oxygen atoms in total. The molecule has 84 valence electrons. The van der Waals surface area contributed by atoms with Crippen molar-refractivity contribution in [2.45, 2.75) is 17.7 Å². The van der Waals surface area contributed by atoms with E-state index in [1.807, 2.05) is 0 Å². The predicted octanol–water partition coefficient (Wildman–Crippen LogP) is 0.0988. The lowest BCUT2D eigenvalue weighted by atomic mass is 10.3. The molecule has 0 aliphatic carbocycles. The van der Waals surface area contributed by atoms with Gasteiger partial charge in [0.25, 0.3) is 0 Å². The van der Waals surface area contributed by atoms with Gasteiger partial charge >= 0.3 is 0 Å². The number of aromatic nitrogens is 1. The third-order valence-corrected chi connectivity index (χ3v) is 3.31. The Labute approximate surface area is 89.8 Å². The van der Waals surface area contributed by atoms with Gasteiger partial charge in [-0.15, -0.1) is 0 Å². The number of nitrogens with two attached hydrogens (primary N) is 1. The number of pyridine rings is 1. The Morgan fingerprint density at radius 2 is 2.20 bits per heavy atom. The molecule has 0 spiro atoms. The van der Waals surface area contributed by atoms with E-state index in [4.69, 9.17) is 5.73 Å². The van der Waals surface area contributed by atoms with E-state index in [1.165, 1.54) is 18.5 Å². The molecule has 1 aromatic heterocycles. The quantitative estimate of drug-likeness (QED) is 0.677. The van der Waals surface area contributed by atoms with Crippen LogP contribution >= 0.6 is 0 Å². The number of nitrogens with one attached hydrogen (secondary N) is 1. The Kier molecular flexibility index (Phi) is 4.67. The standard InChI is InChI=1S/C9H15N3O2S/c10-5-1-2-7-12-15(13,14)9-4-3-6-11-8-9/h3-4,6,8,12H,1-2,5,7,10H2. The van der Waals surface area contributed by atoms with Crippen molar-refractivity contribution in [1.82, 2.24) is 9.71 Å². The molecule has 1 aromatic rings. The van der Waals surface area contributed by atoms with Crippen molar-refractivity contribution in [2.75, 3.05) is 13.1 Å². The number of sulfonamides is 1. The third-order valence-electron chi connectivity index (χ3n) is 1.87. The molecule has 1 rings (SSSR count). The Hall–Kier alpha value is -0.980. The zero-order valence-electron chi connectivity index (χ0n) is 8.39. The topological polar surface area (TPSA) is 85.1 Å². The maximum absolute atomic E-state index is 11.6. The molecule has 1 heterocycles. The highest BCUT2D eigenvalue weighted by molar-refractivity contribution is 7.89. The fourth-order valence-corrected chi connectivity index (χ4v) is 2.10. The largest absolute Gasteiger partial charge is 0.330 e. The molecule has 0 atom stereocenters. The van der Waals surface area contributed by atoms with E-state index in [2.05, 4.69) is 9.71 Å². The summed E-state index contributed by atoms with van der Waals surface area (Å²) in [5.41, 5.74) is 5.30. The first-order valence-electron chi connectivity index (χ1n) is 4.76. The third kappa shape index (κ3) is 3.94. The highest BCUT2D eigenvalue weighted by Crippen LogP contribution is 2.04. The normalized spacial score (nSPS) is 11.5. The van der Waals surface area contributed by atoms with E-state index in [0.717, 1.165) is 12.8 Å². The van der Waals surface area contributed by atoms with Gasteiger partial charge in [-0.1, -0.05) is 0 Å². The molecule has 0 unspecified atom stereocenters. The number of hydrogen-bond donors (Lipinski definition) is 2. The van der Waals surface area contributed by atoms with Gasteiger partial charge in [-0.05, 0) is 31.5 Å². The van der Waals surface area contributed by atoms with Crippen molar-refractivity contribution >= 4 is 10.0 Å². The van der Waals surface area contributed by atoms with Crippen molar-refractivity contribution in [2.24, 2.45) is 5.73 Å². The Morgan fingerprint density at radius 1 is 1.40 bits per heavy atom. The lowest BCUT2D eigenvalue weighted by Gasteiger charge is -2.05. The second kappa shape index (κ2) is 5.79. The molecule has 0 saturated carbocycles. The van der Waals surface area contributed by atoms with Crippen molar-refractivity contribution in [1.29, 1.82) is 0 Å². The van der Waals surface area contributed by atoms with Crippen molar-refractivity contribution in [3.8, 4) is 0 Å². The molecule has 0 saturated heterocycles. The van der Waals surface area contributed by atoms with Crippen LogP contribution in [-0.4, -0.2) is 26.5 Å². The first-order valence-corrected chi connectivity index (χ1v) is 6.25. The van der Waals surface area contributed by atoms with Gasteiger partial charge in [0.2, 0.25) is 10.0 Å². The molecule has 0 aliphatic rings. The van der Waals surface area contributed by atoms with Crippen LogP contribution in [0.5, 0.6) is 0 Å². The van der Waals surface area contributed by atoms with Crippen LogP contribution in [0.2, 0.25) is 0 Å². The first-order chi connectivity index (χ1) is 7.17. The van der Waals surface area contributed by atoms with Crippen molar-refractivity contribution in [3.05, 3.63) is 24.5 Å². The summed E-state index contributed by atoms with van der Waals surface area (Å²) < 4.78 is 25.7. The van der Waals surface area contributed by atoms with Crippen molar-refractivity contribution in [3.63, 3.8) is 0 Å². The summed E-state index contributed by atoms with van der Waals surface area (Å²) >= 11 is 0. The summed E-state index contributed by atoms with van der Waals surface area (Å²) in [6.07, 6.45) is 4.42. The Morgan fingerprint density at radius 3 is 2.80 bits per heavy atom. The average molecular weight is 229 g/mol. The van der Waals surface area contributed by atoms with Gasteiger partial charge in [-0.25, -0.2) is 13.1 Å². The van der Waals surface area contributed by atoms with E-state index in [1.54, 1.807) is 6.07 Å². The second-order valence-electron chi connectivity index (χ2n) is 3.08. The van der Waals surface area contributed by atoms with Gasteiger partial charge in [-0.3, -0.25) is 4.98 Å². The van der Waals surface area contributed by atoms with E-state index in [9.17, 15) is 8.42 Å². The summed E-state index contributed by atoms with van der Waals surface area (Å²) in [7, 11) is -3.39. The minimum atomic E-state index is -3.39. The van der Waals surface area contributed by atoms with Crippen LogP contribution < -0.4 is 10.5 Å². The van der Waals surface area contributed by atoms with Gasteiger partial charge in [0.1, 0.15) is 4.90 Å². The van der Waals surface area contributed by atoms with Crippen LogP contribution in [0, 0.1) is 0 Å². The van der Waals surface area contributed by atoms with Gasteiger partial charge in [0.05, 0.1) is 0 Å². The molecule has 6 heteroatoms. The zero-order chi connectivity index (χ0) is 11.1. The highest BCUT2D eigenvalue weighted by atomic mass is 32.2. The predicted molar refractivity (Wildman–Crippen MR) is 57.7 cm³/mol. The van der Waals surface area contributed by atoms with Crippen LogP contribution in [-0.2, 0) is 10.0 Å². The van der Waals surface area contributed by atoms with Gasteiger partial charge in [0.15, 0.2) is 0 Å². The monoisotopic (exact) mass is 229 g/mol. The summed E-state index contributed by atoms with van der Waals surface area (Å²) in [6.45, 7) is 0.989. The SMILES string of the molecule is NCCCCNS(=O)(=O)c1cccnc1. The molecule has 0 radical (unpaired) electrons. The molecule has 0 amide bonds. The smallest absolute Gasteiger partial charge is 0.242 e. The Balaban J connectivity index is 2.53. The molecule has 3 N–H and O–H groups in total. The second-order valence-corrected chi connectivity index (χ2v) is 4.85. The number of rotatable bonds is 6. The zero-order valence-corrected chi connectivity index (χ0v) is 9.20. The minimum Gasteiger partial charge on any atom is -0.330 e. The molecule has 0 aliphatic heterocycles. The van der Waals surface area contributed by atoms with Crippen LogP contribution in [0.4, 0.5) is 0 Å². The minimum absolute atomic E-state index is 0.192. The number of hydrogen-bond acceptors (Lipinski definition) is 4. The number of unbranched alkanes of at least 4 members (excludes halogenated alkanes) is 1. The fourth-order valence-electron chi connectivity index (χ4n) is 1.07. The van der Waals surface area contributed by atoms with E-state index in [0.29, 0.717) is 13.1 Å². The van der Waals surface area contributed by atoms with E-state index < -0.39 is 10.0 Å². The van der Waals surface area contributed by atoms with Gasteiger partial charge in [0, 0.05) is 18.9 Å². The average Bonchev–Trinajstić information content (AvgIpc) is 2.26. The lowest BCUT2D eigenvalue weighted by molar-refractivity contribution is 0.576. The fraction of sp³-hybridized carbons (Fsp3) is 0.444.